The smallest absolute Gasteiger partial charge is 0.222 e. The minimum absolute atomic E-state index is 0.0110. The van der Waals surface area contributed by atoms with Crippen molar-refractivity contribution in [2.24, 2.45) is 0 Å². The predicted octanol–water partition coefficient (Wildman–Crippen LogP) is 13.2. The molecule has 0 fully saturated rings. The molecule has 45 heavy (non-hydrogen) atoms. The third kappa shape index (κ3) is 36.2. The Balaban J connectivity index is -0.000000234. The van der Waals surface area contributed by atoms with Crippen LogP contribution in [0.2, 0.25) is 0 Å². The summed E-state index contributed by atoms with van der Waals surface area (Å²) >= 11 is 22.4. The van der Waals surface area contributed by atoms with Gasteiger partial charge >= 0.3 is 0 Å². The number of benzene rings is 3. The van der Waals surface area contributed by atoms with Crippen LogP contribution in [0.1, 0.15) is 77.9 Å². The van der Waals surface area contributed by atoms with E-state index >= 15 is 0 Å². The molecule has 0 heterocycles. The van der Waals surface area contributed by atoms with Gasteiger partial charge in [-0.05, 0) is 60.9 Å². The minimum Gasteiger partial charge on any atom is -0.294 e. The van der Waals surface area contributed by atoms with Crippen molar-refractivity contribution in [3.63, 3.8) is 0 Å². The van der Waals surface area contributed by atoms with Gasteiger partial charge in [-0.2, -0.15) is 0 Å². The monoisotopic (exact) mass is 1010 g/mol. The maximum atomic E-state index is 11.4. The fraction of sp³-hybridized carbons (Fsp3) is 0.361. The fourth-order valence-corrected chi connectivity index (χ4v) is 3.21. The topological polar surface area (TPSA) is 51.2 Å². The van der Waals surface area contributed by atoms with Gasteiger partial charge in [-0.1, -0.05) is 180 Å². The molecule has 0 aliphatic carbocycles. The lowest BCUT2D eigenvalue weighted by molar-refractivity contribution is -0.111. The van der Waals surface area contributed by atoms with Crippen LogP contribution in [0.4, 0.5) is 0 Å². The van der Waals surface area contributed by atoms with Crippen molar-refractivity contribution in [1.82, 2.24) is 0 Å². The van der Waals surface area contributed by atoms with E-state index in [1.54, 1.807) is 6.07 Å². The Kier molecular flexibility index (Phi) is 43.2. The van der Waals surface area contributed by atoms with Crippen molar-refractivity contribution < 1.29 is 14.4 Å². The molecule has 0 N–H and O–H groups in total. The summed E-state index contributed by atoms with van der Waals surface area (Å²) in [5, 5.41) is -0.370. The number of aryl methyl sites for hydroxylation is 3. The number of ketones is 2. The minimum atomic E-state index is -0.370. The molecule has 3 rings (SSSR count). The first kappa shape index (κ1) is 51.3. The highest BCUT2D eigenvalue weighted by atomic mass is 127. The van der Waals surface area contributed by atoms with Gasteiger partial charge in [0.1, 0.15) is 0 Å². The second-order valence-corrected chi connectivity index (χ2v) is 17.1. The number of Topliss-reactive ketones (excluding diaryl/α,β-unsaturated/α-hetero) is 1. The van der Waals surface area contributed by atoms with Gasteiger partial charge in [-0.3, -0.25) is 14.4 Å². The number of rotatable bonds is 7. The molecule has 0 saturated heterocycles. The summed E-state index contributed by atoms with van der Waals surface area (Å²) < 4.78 is 1.99. The summed E-state index contributed by atoms with van der Waals surface area (Å²) in [6.45, 7) is 17.6. The van der Waals surface area contributed by atoms with Crippen LogP contribution in [0.25, 0.3) is 0 Å². The first-order valence-electron chi connectivity index (χ1n) is 14.3. The average molecular weight is 1020 g/mol. The summed E-state index contributed by atoms with van der Waals surface area (Å²) in [5.41, 5.74) is 4.87. The van der Waals surface area contributed by atoms with Gasteiger partial charge in [0.25, 0.3) is 0 Å². The third-order valence-corrected chi connectivity index (χ3v) is 5.16. The number of allylic oxidation sites excluding steroid dienone is 1. The fourth-order valence-electron chi connectivity index (χ4n) is 2.67. The summed E-state index contributed by atoms with van der Waals surface area (Å²) in [4.78, 5) is 32.2. The van der Waals surface area contributed by atoms with Gasteiger partial charge in [0.05, 0.1) is 1.93 Å². The van der Waals surface area contributed by atoms with Gasteiger partial charge < -0.3 is 0 Å². The Morgan fingerprint density at radius 3 is 1.38 bits per heavy atom. The molecule has 3 aromatic carbocycles. The van der Waals surface area contributed by atoms with Crippen LogP contribution in [0.15, 0.2) is 91.5 Å². The van der Waals surface area contributed by atoms with Gasteiger partial charge in [0.15, 0.2) is 11.6 Å². The van der Waals surface area contributed by atoms with Gasteiger partial charge in [0, 0.05) is 35.7 Å². The Morgan fingerprint density at radius 2 is 1.11 bits per heavy atom. The number of alkyl halides is 5. The zero-order chi connectivity index (χ0) is 35.6. The number of carbonyl (C=O) groups excluding carboxylic acids is 3. The van der Waals surface area contributed by atoms with Gasteiger partial charge in [-0.25, -0.2) is 0 Å². The highest BCUT2D eigenvalue weighted by Gasteiger charge is 2.06. The van der Waals surface area contributed by atoms with Crippen LogP contribution in [-0.4, -0.2) is 34.9 Å². The molecule has 0 amide bonds. The third-order valence-electron chi connectivity index (χ3n) is 4.59. The van der Waals surface area contributed by atoms with E-state index in [0.717, 1.165) is 24.2 Å². The van der Waals surface area contributed by atoms with Crippen LogP contribution >= 0.6 is 103 Å². The van der Waals surface area contributed by atoms with E-state index in [1.165, 1.54) is 16.1 Å². The molecule has 0 bridgehead atoms. The van der Waals surface area contributed by atoms with Crippen molar-refractivity contribution in [2.45, 2.75) is 63.2 Å². The van der Waals surface area contributed by atoms with Crippen molar-refractivity contribution in [3.8, 4) is 0 Å². The summed E-state index contributed by atoms with van der Waals surface area (Å²) in [6.07, 6.45) is 2.03. The van der Waals surface area contributed by atoms with E-state index in [-0.39, 0.29) is 23.2 Å². The summed E-state index contributed by atoms with van der Waals surface area (Å²) in [7, 11) is 0. The SMILES string of the molecule is C=CC(=O)c1ccccc1C.CC.CC(I)I.CCI.Cc1ccccc1.Cc1ccccc1C(=O)CCCl.O=C(Cl)CCCl. The van der Waals surface area contributed by atoms with Crippen molar-refractivity contribution in [2.75, 3.05) is 16.2 Å². The quantitative estimate of drug-likeness (QED) is 0.0779. The maximum Gasteiger partial charge on any atom is 0.222 e. The lowest BCUT2D eigenvalue weighted by Crippen LogP contribution is -2.01. The average Bonchev–Trinajstić information content (AvgIpc) is 3.00. The Bertz CT molecular complexity index is 1160. The second-order valence-electron chi connectivity index (χ2n) is 8.30. The molecule has 0 saturated carbocycles. The number of halogens is 6. The van der Waals surface area contributed by atoms with E-state index in [4.69, 9.17) is 34.8 Å². The molecule has 0 aromatic heterocycles. The van der Waals surface area contributed by atoms with Gasteiger partial charge in [-0.15, -0.1) is 23.2 Å². The molecular formula is C36H48Cl3I3O3. The van der Waals surface area contributed by atoms with Crippen molar-refractivity contribution in [1.29, 1.82) is 0 Å². The van der Waals surface area contributed by atoms with E-state index in [0.29, 0.717) is 18.2 Å². The zero-order valence-electron chi connectivity index (χ0n) is 27.4. The lowest BCUT2D eigenvalue weighted by atomic mass is 10.0. The van der Waals surface area contributed by atoms with Crippen LogP contribution in [0.5, 0.6) is 0 Å². The van der Waals surface area contributed by atoms with Crippen LogP contribution in [0, 0.1) is 20.8 Å². The standard InChI is InChI=1S/C10H11ClO.C10H10O.C7H8.C3H4Cl2O.C2H4I2.C2H5I.C2H6/c1-8-4-2-3-5-9(8)10(12)6-7-11;1-3-10(11)9-7-5-4-6-8(9)2;1-7-5-3-2-4-6-7;4-2-1-3(5)6;1-2(3)4;1-2-3;1-2/h2-5H,6-7H2,1H3;3-7H,1H2,2H3;2-6H,1H3;1-2H2;2H,1H3;2H2,1H3;1-2H3. The molecule has 9 heteroatoms. The summed E-state index contributed by atoms with van der Waals surface area (Å²) in [5.74, 6) is 0.835. The van der Waals surface area contributed by atoms with E-state index < -0.39 is 0 Å². The second kappa shape index (κ2) is 37.9. The molecule has 0 unspecified atom stereocenters. The van der Waals surface area contributed by atoms with Crippen molar-refractivity contribution >= 4 is 119 Å². The Morgan fingerprint density at radius 1 is 0.756 bits per heavy atom. The molecule has 0 radical (unpaired) electrons. The van der Waals surface area contributed by atoms with E-state index in [1.807, 2.05) is 88.4 Å². The van der Waals surface area contributed by atoms with E-state index in [2.05, 4.69) is 107 Å². The molecule has 0 atom stereocenters. The molecule has 0 aliphatic rings. The van der Waals surface area contributed by atoms with Crippen LogP contribution in [0.3, 0.4) is 0 Å². The molecule has 0 spiro atoms. The molecule has 3 nitrogen and oxygen atoms in total. The molecule has 252 valence electrons. The first-order chi connectivity index (χ1) is 21.3. The number of hydrogen-bond donors (Lipinski definition) is 0. The highest BCUT2D eigenvalue weighted by Crippen LogP contribution is 2.10. The Labute approximate surface area is 329 Å². The number of hydrogen-bond acceptors (Lipinski definition) is 3. The first-order valence-corrected chi connectivity index (χ1v) is 19.8. The normalized spacial score (nSPS) is 8.67. The predicted molar refractivity (Wildman–Crippen MR) is 227 cm³/mol. The zero-order valence-corrected chi connectivity index (χ0v) is 36.1. The summed E-state index contributed by atoms with van der Waals surface area (Å²) in [6, 6.07) is 25.3. The number of carbonyl (C=O) groups is 3. The highest BCUT2D eigenvalue weighted by molar-refractivity contribution is 14.2. The van der Waals surface area contributed by atoms with Crippen molar-refractivity contribution in [3.05, 3.63) is 119 Å². The van der Waals surface area contributed by atoms with E-state index in [9.17, 15) is 14.4 Å². The molecule has 3 aromatic rings. The van der Waals surface area contributed by atoms with Gasteiger partial charge in [0.2, 0.25) is 5.24 Å². The Hall–Kier alpha value is -0.530. The largest absolute Gasteiger partial charge is 0.294 e. The molecule has 0 aliphatic heterocycles. The maximum absolute atomic E-state index is 11.4. The van der Waals surface area contributed by atoms with Crippen LogP contribution in [-0.2, 0) is 4.79 Å². The molecular weight excluding hydrogens is 967 g/mol. The lowest BCUT2D eigenvalue weighted by Gasteiger charge is -2.01. The van der Waals surface area contributed by atoms with Crippen LogP contribution < -0.4 is 0 Å².